The van der Waals surface area contributed by atoms with E-state index in [-0.39, 0.29) is 23.6 Å². The Kier molecular flexibility index (Phi) is 7.00. The molecule has 2 fully saturated rings. The van der Waals surface area contributed by atoms with Crippen LogP contribution in [-0.4, -0.2) is 79.1 Å². The number of nitrogens with zero attached hydrogens (tertiary/aromatic N) is 5. The van der Waals surface area contributed by atoms with Crippen molar-refractivity contribution in [2.75, 3.05) is 48.6 Å². The van der Waals surface area contributed by atoms with Crippen LogP contribution in [-0.2, 0) is 22.7 Å². The third-order valence-electron chi connectivity index (χ3n) is 6.35. The van der Waals surface area contributed by atoms with Crippen LogP contribution in [0.15, 0.2) is 30.5 Å². The fourth-order valence-electron chi connectivity index (χ4n) is 4.62. The minimum Gasteiger partial charge on any atom is -0.368 e. The predicted molar refractivity (Wildman–Crippen MR) is 126 cm³/mol. The SMILES string of the molecule is C[C@H]1CCCN1c1cc(CN2CCN(C(=O)n3ccc(NS(C)(=O)=O)n3)CC2)ccc1C(F)(F)F. The summed E-state index contributed by atoms with van der Waals surface area (Å²) in [6, 6.07) is 5.46. The van der Waals surface area contributed by atoms with Crippen LogP contribution in [0, 0.1) is 0 Å². The number of sulfonamides is 1. The third kappa shape index (κ3) is 6.07. The molecule has 2 saturated heterocycles. The van der Waals surface area contributed by atoms with Gasteiger partial charge in [-0.3, -0.25) is 9.62 Å². The first-order valence-electron chi connectivity index (χ1n) is 11.4. The quantitative estimate of drug-likeness (QED) is 0.660. The second kappa shape index (κ2) is 9.69. The highest BCUT2D eigenvalue weighted by Crippen LogP contribution is 2.39. The van der Waals surface area contributed by atoms with Gasteiger partial charge in [0, 0.05) is 63.3 Å². The first-order valence-corrected chi connectivity index (χ1v) is 13.3. The van der Waals surface area contributed by atoms with Crippen molar-refractivity contribution in [3.05, 3.63) is 41.6 Å². The van der Waals surface area contributed by atoms with Crippen LogP contribution in [0.4, 0.5) is 29.5 Å². The lowest BCUT2D eigenvalue weighted by Crippen LogP contribution is -2.49. The van der Waals surface area contributed by atoms with Gasteiger partial charge in [-0.25, -0.2) is 13.2 Å². The lowest BCUT2D eigenvalue weighted by atomic mass is 10.1. The van der Waals surface area contributed by atoms with Gasteiger partial charge < -0.3 is 9.80 Å². The highest BCUT2D eigenvalue weighted by atomic mass is 32.2. The van der Waals surface area contributed by atoms with E-state index in [4.69, 9.17) is 0 Å². The number of nitrogens with one attached hydrogen (secondary N) is 1. The van der Waals surface area contributed by atoms with Crippen molar-refractivity contribution < 1.29 is 26.4 Å². The minimum absolute atomic E-state index is 0.0601. The molecule has 1 amide bonds. The molecule has 0 spiro atoms. The molecule has 0 aliphatic carbocycles. The van der Waals surface area contributed by atoms with Crippen molar-refractivity contribution >= 4 is 27.6 Å². The van der Waals surface area contributed by atoms with Gasteiger partial charge in [0.05, 0.1) is 11.8 Å². The Labute approximate surface area is 202 Å². The van der Waals surface area contributed by atoms with Crippen molar-refractivity contribution in [2.24, 2.45) is 0 Å². The molecular weight excluding hydrogens is 485 g/mol. The summed E-state index contributed by atoms with van der Waals surface area (Å²) in [4.78, 5) is 18.3. The van der Waals surface area contributed by atoms with Gasteiger partial charge in [0.2, 0.25) is 10.0 Å². The smallest absolute Gasteiger partial charge is 0.368 e. The molecule has 3 heterocycles. The number of alkyl halides is 3. The molecule has 13 heteroatoms. The van der Waals surface area contributed by atoms with E-state index >= 15 is 0 Å². The highest BCUT2D eigenvalue weighted by molar-refractivity contribution is 7.92. The predicted octanol–water partition coefficient (Wildman–Crippen LogP) is 3.05. The molecule has 0 radical (unpaired) electrons. The zero-order valence-corrected chi connectivity index (χ0v) is 20.4. The Bertz CT molecular complexity index is 1180. The summed E-state index contributed by atoms with van der Waals surface area (Å²) in [6.07, 6.45) is -0.268. The molecule has 2 aromatic rings. The van der Waals surface area contributed by atoms with E-state index in [1.54, 1.807) is 11.0 Å². The second-order valence-electron chi connectivity index (χ2n) is 9.10. The molecule has 35 heavy (non-hydrogen) atoms. The van der Waals surface area contributed by atoms with Crippen LogP contribution < -0.4 is 9.62 Å². The number of piperazine rings is 1. The molecule has 9 nitrogen and oxygen atoms in total. The van der Waals surface area contributed by atoms with Gasteiger partial charge in [-0.1, -0.05) is 6.07 Å². The van der Waals surface area contributed by atoms with E-state index in [2.05, 4.69) is 14.7 Å². The molecule has 0 unspecified atom stereocenters. The normalized spacial score (nSPS) is 19.9. The summed E-state index contributed by atoms with van der Waals surface area (Å²) < 4.78 is 66.9. The van der Waals surface area contributed by atoms with Gasteiger partial charge in [-0.2, -0.15) is 17.9 Å². The van der Waals surface area contributed by atoms with Gasteiger partial charge in [-0.15, -0.1) is 5.10 Å². The van der Waals surface area contributed by atoms with Gasteiger partial charge in [0.1, 0.15) is 0 Å². The molecule has 4 rings (SSSR count). The first kappa shape index (κ1) is 25.3. The fourth-order valence-corrected chi connectivity index (χ4v) is 5.11. The van der Waals surface area contributed by atoms with Crippen LogP contribution in [0.2, 0.25) is 0 Å². The third-order valence-corrected chi connectivity index (χ3v) is 6.93. The van der Waals surface area contributed by atoms with E-state index in [0.29, 0.717) is 39.3 Å². The Morgan fingerprint density at radius 3 is 2.46 bits per heavy atom. The number of aromatic nitrogens is 2. The fraction of sp³-hybridized carbons (Fsp3) is 0.545. The maximum Gasteiger partial charge on any atom is 0.418 e. The van der Waals surface area contributed by atoms with Crippen molar-refractivity contribution in [3.63, 3.8) is 0 Å². The molecule has 1 N–H and O–H groups in total. The average molecular weight is 515 g/mol. The highest BCUT2D eigenvalue weighted by Gasteiger charge is 2.37. The van der Waals surface area contributed by atoms with Crippen LogP contribution in [0.1, 0.15) is 30.9 Å². The summed E-state index contributed by atoms with van der Waals surface area (Å²) >= 11 is 0. The lowest BCUT2D eigenvalue weighted by molar-refractivity contribution is -0.137. The topological polar surface area (TPSA) is 90.8 Å². The first-order chi connectivity index (χ1) is 16.4. The van der Waals surface area contributed by atoms with Crippen LogP contribution in [0.25, 0.3) is 0 Å². The zero-order chi connectivity index (χ0) is 25.4. The molecule has 0 bridgehead atoms. The van der Waals surface area contributed by atoms with Crippen molar-refractivity contribution in [1.29, 1.82) is 0 Å². The lowest BCUT2D eigenvalue weighted by Gasteiger charge is -2.34. The van der Waals surface area contributed by atoms with E-state index < -0.39 is 21.8 Å². The number of hydrogen-bond donors (Lipinski definition) is 1. The summed E-state index contributed by atoms with van der Waals surface area (Å²) in [7, 11) is -3.50. The molecule has 0 saturated carbocycles. The van der Waals surface area contributed by atoms with E-state index in [1.807, 2.05) is 11.8 Å². The summed E-state index contributed by atoms with van der Waals surface area (Å²) in [5, 5.41) is 3.96. The number of carbonyl (C=O) groups is 1. The van der Waals surface area contributed by atoms with E-state index in [0.717, 1.165) is 29.3 Å². The summed E-state index contributed by atoms with van der Waals surface area (Å²) in [6.45, 7) is 5.00. The van der Waals surface area contributed by atoms with Crippen LogP contribution in [0.5, 0.6) is 0 Å². The van der Waals surface area contributed by atoms with Crippen LogP contribution in [0.3, 0.4) is 0 Å². The Balaban J connectivity index is 1.39. The zero-order valence-electron chi connectivity index (χ0n) is 19.6. The van der Waals surface area contributed by atoms with Gasteiger partial charge in [0.15, 0.2) is 5.82 Å². The molecule has 192 valence electrons. The number of anilines is 2. The summed E-state index contributed by atoms with van der Waals surface area (Å²) in [5.74, 6) is 0.0601. The number of amides is 1. The molecule has 1 aromatic heterocycles. The molecular formula is C22H29F3N6O3S. The number of rotatable bonds is 5. The average Bonchev–Trinajstić information content (AvgIpc) is 3.40. The summed E-state index contributed by atoms with van der Waals surface area (Å²) in [5.41, 5.74) is 0.441. The van der Waals surface area contributed by atoms with Crippen molar-refractivity contribution in [3.8, 4) is 0 Å². The second-order valence-corrected chi connectivity index (χ2v) is 10.8. The van der Waals surface area contributed by atoms with Crippen molar-refractivity contribution in [1.82, 2.24) is 19.6 Å². The largest absolute Gasteiger partial charge is 0.418 e. The van der Waals surface area contributed by atoms with E-state index in [9.17, 15) is 26.4 Å². The maximum atomic E-state index is 13.6. The molecule has 2 aliphatic heterocycles. The number of benzene rings is 1. The Morgan fingerprint density at radius 1 is 1.14 bits per heavy atom. The molecule has 1 aromatic carbocycles. The van der Waals surface area contributed by atoms with Gasteiger partial charge in [0.25, 0.3) is 0 Å². The number of hydrogen-bond acceptors (Lipinski definition) is 6. The Morgan fingerprint density at radius 2 is 1.86 bits per heavy atom. The van der Waals surface area contributed by atoms with Crippen molar-refractivity contribution in [2.45, 2.75) is 38.5 Å². The standard InChI is InChI=1S/C22H29F3N6O3S/c1-16-4-3-8-30(16)19-14-17(5-6-18(19)22(23,24)25)15-28-10-12-29(13-11-28)21(32)31-9-7-20(26-31)27-35(2,33)34/h5-7,9,14,16H,3-4,8,10-13,15H2,1-2H3,(H,26,27)/t16-/m0/s1. The minimum atomic E-state index is -4.41. The maximum absolute atomic E-state index is 13.6. The number of carbonyl (C=O) groups excluding carboxylic acids is 1. The monoisotopic (exact) mass is 514 g/mol. The number of halogens is 3. The van der Waals surface area contributed by atoms with E-state index in [1.165, 1.54) is 24.4 Å². The Hall–Kier alpha value is -2.80. The molecule has 2 aliphatic rings. The van der Waals surface area contributed by atoms with Crippen LogP contribution >= 0.6 is 0 Å². The van der Waals surface area contributed by atoms with Gasteiger partial charge >= 0.3 is 12.2 Å². The molecule has 1 atom stereocenters. The van der Waals surface area contributed by atoms with Gasteiger partial charge in [-0.05, 0) is 37.5 Å².